The Balaban J connectivity index is 1.57. The molecule has 0 saturated heterocycles. The van der Waals surface area contributed by atoms with Gasteiger partial charge in [0, 0.05) is 6.54 Å². The molecule has 2 amide bonds. The fraction of sp³-hybridized carbons (Fsp3) is 0.267. The molecule has 100 valence electrons. The zero-order valence-corrected chi connectivity index (χ0v) is 10.8. The average Bonchev–Trinajstić information content (AvgIpc) is 2.96. The van der Waals surface area contributed by atoms with E-state index in [1.165, 1.54) is 5.56 Å². The smallest absolute Gasteiger partial charge is 0.315 e. The van der Waals surface area contributed by atoms with Crippen molar-refractivity contribution in [1.82, 2.24) is 10.6 Å². The predicted molar refractivity (Wildman–Crippen MR) is 73.7 cm³/mol. The highest BCUT2D eigenvalue weighted by atomic mass is 16.3. The van der Waals surface area contributed by atoms with E-state index in [4.69, 9.17) is 4.42 Å². The zero-order chi connectivity index (χ0) is 13.3. The molecule has 0 atom stereocenters. The Kier molecular flexibility index (Phi) is 5.05. The van der Waals surface area contributed by atoms with E-state index in [-0.39, 0.29) is 6.03 Å². The molecular formula is C15H18N2O2. The lowest BCUT2D eigenvalue weighted by Crippen LogP contribution is -2.35. The standard InChI is InChI=1S/C15H18N2O2/c18-15(17-12-14-9-5-11-19-14)16-10-4-8-13-6-2-1-3-7-13/h1-3,5-7,9,11H,4,8,10,12H2,(H2,16,17,18). The normalized spacial score (nSPS) is 10.1. The van der Waals surface area contributed by atoms with Crippen LogP contribution >= 0.6 is 0 Å². The van der Waals surface area contributed by atoms with Crippen LogP contribution in [0.15, 0.2) is 53.1 Å². The monoisotopic (exact) mass is 258 g/mol. The van der Waals surface area contributed by atoms with E-state index in [0.29, 0.717) is 13.1 Å². The molecule has 0 aliphatic rings. The van der Waals surface area contributed by atoms with Crippen molar-refractivity contribution in [2.24, 2.45) is 0 Å². The van der Waals surface area contributed by atoms with Gasteiger partial charge in [0.2, 0.25) is 0 Å². The lowest BCUT2D eigenvalue weighted by Gasteiger charge is -2.06. The first kappa shape index (κ1) is 13.2. The van der Waals surface area contributed by atoms with Crippen LogP contribution in [0.3, 0.4) is 0 Å². The molecule has 0 radical (unpaired) electrons. The summed E-state index contributed by atoms with van der Waals surface area (Å²) < 4.78 is 5.12. The summed E-state index contributed by atoms with van der Waals surface area (Å²) in [5, 5.41) is 5.56. The predicted octanol–water partition coefficient (Wildman–Crippen LogP) is 2.71. The van der Waals surface area contributed by atoms with Crippen LogP contribution in [0.2, 0.25) is 0 Å². The molecule has 1 heterocycles. The van der Waals surface area contributed by atoms with E-state index in [0.717, 1.165) is 18.6 Å². The van der Waals surface area contributed by atoms with Crippen LogP contribution in [0.5, 0.6) is 0 Å². The SMILES string of the molecule is O=C(NCCCc1ccccc1)NCc1ccco1. The van der Waals surface area contributed by atoms with Gasteiger partial charge in [-0.15, -0.1) is 0 Å². The van der Waals surface area contributed by atoms with Gasteiger partial charge in [0.15, 0.2) is 0 Å². The molecule has 1 aromatic heterocycles. The third-order valence-corrected chi connectivity index (χ3v) is 2.77. The van der Waals surface area contributed by atoms with Crippen LogP contribution in [0.25, 0.3) is 0 Å². The number of benzene rings is 1. The quantitative estimate of drug-likeness (QED) is 0.783. The van der Waals surface area contributed by atoms with Gasteiger partial charge in [-0.1, -0.05) is 30.3 Å². The summed E-state index contributed by atoms with van der Waals surface area (Å²) in [5.41, 5.74) is 1.29. The molecule has 0 bridgehead atoms. The summed E-state index contributed by atoms with van der Waals surface area (Å²) in [6.07, 6.45) is 3.49. The van der Waals surface area contributed by atoms with Crippen LogP contribution in [0.4, 0.5) is 4.79 Å². The molecule has 1 aromatic carbocycles. The topological polar surface area (TPSA) is 54.3 Å². The molecule has 4 heteroatoms. The number of urea groups is 1. The zero-order valence-electron chi connectivity index (χ0n) is 10.8. The first-order chi connectivity index (χ1) is 9.34. The second-order valence-corrected chi connectivity index (χ2v) is 4.28. The molecule has 2 aromatic rings. The van der Waals surface area contributed by atoms with Crippen LogP contribution in [-0.4, -0.2) is 12.6 Å². The fourth-order valence-electron chi connectivity index (χ4n) is 1.78. The Morgan fingerprint density at radius 3 is 2.63 bits per heavy atom. The van der Waals surface area contributed by atoms with Gasteiger partial charge in [0.25, 0.3) is 0 Å². The van der Waals surface area contributed by atoms with Crippen molar-refractivity contribution in [2.75, 3.05) is 6.54 Å². The molecule has 0 spiro atoms. The van der Waals surface area contributed by atoms with E-state index >= 15 is 0 Å². The van der Waals surface area contributed by atoms with Crippen molar-refractivity contribution in [3.05, 3.63) is 60.1 Å². The second kappa shape index (κ2) is 7.26. The first-order valence-corrected chi connectivity index (χ1v) is 6.42. The van der Waals surface area contributed by atoms with Crippen molar-refractivity contribution in [1.29, 1.82) is 0 Å². The van der Waals surface area contributed by atoms with Crippen molar-refractivity contribution in [3.8, 4) is 0 Å². The van der Waals surface area contributed by atoms with Gasteiger partial charge in [0.1, 0.15) is 5.76 Å². The van der Waals surface area contributed by atoms with Gasteiger partial charge >= 0.3 is 6.03 Å². The summed E-state index contributed by atoms with van der Waals surface area (Å²) in [4.78, 5) is 11.5. The molecule has 2 N–H and O–H groups in total. The maximum absolute atomic E-state index is 11.5. The minimum atomic E-state index is -0.163. The number of aryl methyl sites for hydroxylation is 1. The van der Waals surface area contributed by atoms with E-state index in [2.05, 4.69) is 22.8 Å². The van der Waals surface area contributed by atoms with E-state index in [9.17, 15) is 4.79 Å². The Labute approximate surface area is 112 Å². The van der Waals surface area contributed by atoms with E-state index in [1.54, 1.807) is 12.3 Å². The van der Waals surface area contributed by atoms with Crippen molar-refractivity contribution < 1.29 is 9.21 Å². The Hall–Kier alpha value is -2.23. The number of carbonyl (C=O) groups excluding carboxylic acids is 1. The highest BCUT2D eigenvalue weighted by molar-refractivity contribution is 5.73. The molecule has 0 aliphatic carbocycles. The molecule has 0 saturated carbocycles. The largest absolute Gasteiger partial charge is 0.467 e. The third kappa shape index (κ3) is 4.87. The highest BCUT2D eigenvalue weighted by Gasteiger charge is 2.01. The molecule has 19 heavy (non-hydrogen) atoms. The molecule has 0 unspecified atom stereocenters. The van der Waals surface area contributed by atoms with Crippen molar-refractivity contribution in [2.45, 2.75) is 19.4 Å². The number of hydrogen-bond donors (Lipinski definition) is 2. The number of nitrogens with one attached hydrogen (secondary N) is 2. The van der Waals surface area contributed by atoms with E-state index in [1.807, 2.05) is 24.3 Å². The van der Waals surface area contributed by atoms with Crippen LogP contribution in [-0.2, 0) is 13.0 Å². The van der Waals surface area contributed by atoms with Gasteiger partial charge < -0.3 is 15.1 Å². The fourth-order valence-corrected chi connectivity index (χ4v) is 1.78. The van der Waals surface area contributed by atoms with Crippen molar-refractivity contribution in [3.63, 3.8) is 0 Å². The Morgan fingerprint density at radius 1 is 1.05 bits per heavy atom. The summed E-state index contributed by atoms with van der Waals surface area (Å²) in [7, 11) is 0. The number of furan rings is 1. The molecule has 0 aliphatic heterocycles. The van der Waals surface area contributed by atoms with Gasteiger partial charge in [-0.3, -0.25) is 0 Å². The summed E-state index contributed by atoms with van der Waals surface area (Å²) in [5.74, 6) is 0.749. The second-order valence-electron chi connectivity index (χ2n) is 4.28. The molecule has 2 rings (SSSR count). The lowest BCUT2D eigenvalue weighted by molar-refractivity contribution is 0.239. The number of carbonyl (C=O) groups is 1. The number of rotatable bonds is 6. The van der Waals surface area contributed by atoms with Crippen LogP contribution < -0.4 is 10.6 Å². The number of hydrogen-bond acceptors (Lipinski definition) is 2. The van der Waals surface area contributed by atoms with Crippen LogP contribution in [0.1, 0.15) is 17.7 Å². The highest BCUT2D eigenvalue weighted by Crippen LogP contribution is 2.01. The van der Waals surface area contributed by atoms with Crippen LogP contribution in [0, 0.1) is 0 Å². The molecular weight excluding hydrogens is 240 g/mol. The summed E-state index contributed by atoms with van der Waals surface area (Å²) in [6, 6.07) is 13.7. The summed E-state index contributed by atoms with van der Waals surface area (Å²) in [6.45, 7) is 1.08. The van der Waals surface area contributed by atoms with Gasteiger partial charge in [0.05, 0.1) is 12.8 Å². The van der Waals surface area contributed by atoms with Gasteiger partial charge in [-0.25, -0.2) is 4.79 Å². The Morgan fingerprint density at radius 2 is 1.89 bits per heavy atom. The lowest BCUT2D eigenvalue weighted by atomic mass is 10.1. The average molecular weight is 258 g/mol. The minimum absolute atomic E-state index is 0.163. The van der Waals surface area contributed by atoms with Gasteiger partial charge in [-0.2, -0.15) is 0 Å². The maximum atomic E-state index is 11.5. The van der Waals surface area contributed by atoms with Gasteiger partial charge in [-0.05, 0) is 30.5 Å². The maximum Gasteiger partial charge on any atom is 0.315 e. The number of amides is 2. The van der Waals surface area contributed by atoms with Crippen molar-refractivity contribution >= 4 is 6.03 Å². The first-order valence-electron chi connectivity index (χ1n) is 6.42. The summed E-state index contributed by atoms with van der Waals surface area (Å²) >= 11 is 0. The molecule has 0 fully saturated rings. The Bertz CT molecular complexity index is 480. The molecule has 4 nitrogen and oxygen atoms in total. The minimum Gasteiger partial charge on any atom is -0.467 e. The third-order valence-electron chi connectivity index (χ3n) is 2.77. The van der Waals surface area contributed by atoms with E-state index < -0.39 is 0 Å².